The first-order valence-electron chi connectivity index (χ1n) is 7.89. The maximum absolute atomic E-state index is 11.7. The van der Waals surface area contributed by atoms with Crippen molar-refractivity contribution in [3.05, 3.63) is 42.1 Å². The van der Waals surface area contributed by atoms with Gasteiger partial charge in [0.25, 0.3) is 5.91 Å². The Morgan fingerprint density at radius 3 is 2.68 bits per heavy atom. The number of hydrogen-bond donors (Lipinski definition) is 2. The van der Waals surface area contributed by atoms with Crippen molar-refractivity contribution in [2.45, 2.75) is 25.9 Å². The van der Waals surface area contributed by atoms with Crippen molar-refractivity contribution in [2.75, 3.05) is 23.9 Å². The Hall–Kier alpha value is -2.71. The molecule has 0 bridgehead atoms. The molecule has 0 spiro atoms. The van der Waals surface area contributed by atoms with E-state index in [2.05, 4.69) is 15.3 Å². The van der Waals surface area contributed by atoms with Gasteiger partial charge in [-0.3, -0.25) is 4.79 Å². The number of carbonyl (C=O) groups is 1. The van der Waals surface area contributed by atoms with Crippen molar-refractivity contribution >= 4 is 23.4 Å². The molecule has 3 N–H and O–H groups in total. The molecule has 1 aromatic carbocycles. The Morgan fingerprint density at radius 1 is 1.36 bits per heavy atom. The van der Waals surface area contributed by atoms with Crippen molar-refractivity contribution in [3.8, 4) is 0 Å². The van der Waals surface area contributed by atoms with Crippen molar-refractivity contribution in [3.63, 3.8) is 0 Å². The summed E-state index contributed by atoms with van der Waals surface area (Å²) in [5.74, 6) is -0.519. The van der Waals surface area contributed by atoms with Crippen LogP contribution in [0.2, 0.25) is 0 Å². The van der Waals surface area contributed by atoms with Gasteiger partial charge < -0.3 is 25.4 Å². The number of likely N-dealkylation sites (N-methyl/N-ethyl adjacent to an activating group) is 1. The molecule has 1 aromatic heterocycles. The highest BCUT2D eigenvalue weighted by Crippen LogP contribution is 2.27. The Kier molecular flexibility index (Phi) is 4.56. The summed E-state index contributed by atoms with van der Waals surface area (Å²) >= 11 is 0. The lowest BCUT2D eigenvalue weighted by atomic mass is 10.2. The summed E-state index contributed by atoms with van der Waals surface area (Å²) in [6, 6.07) is 9.40. The fourth-order valence-electron chi connectivity index (χ4n) is 2.46. The first-order chi connectivity index (χ1) is 11.9. The van der Waals surface area contributed by atoms with Crippen LogP contribution in [0.5, 0.6) is 0 Å². The number of aromatic nitrogens is 2. The molecular weight excluding hydrogens is 322 g/mol. The van der Waals surface area contributed by atoms with Gasteiger partial charge in [0.15, 0.2) is 12.0 Å². The predicted molar refractivity (Wildman–Crippen MR) is 93.6 cm³/mol. The topological polar surface area (TPSA) is 103 Å². The van der Waals surface area contributed by atoms with Crippen LogP contribution in [0.25, 0.3) is 0 Å². The lowest BCUT2D eigenvalue weighted by molar-refractivity contribution is -0.137. The minimum Gasteiger partial charge on any atom is -0.365 e. The largest absolute Gasteiger partial charge is 0.365 e. The van der Waals surface area contributed by atoms with E-state index in [9.17, 15) is 4.79 Å². The van der Waals surface area contributed by atoms with Crippen LogP contribution in [-0.2, 0) is 9.47 Å². The average Bonchev–Trinajstić information content (AvgIpc) is 2.95. The van der Waals surface area contributed by atoms with Crippen molar-refractivity contribution in [1.29, 1.82) is 0 Å². The smallest absolute Gasteiger partial charge is 0.254 e. The van der Waals surface area contributed by atoms with E-state index < -0.39 is 11.7 Å². The lowest BCUT2D eigenvalue weighted by Gasteiger charge is -2.25. The van der Waals surface area contributed by atoms with Crippen LogP contribution in [0, 0.1) is 0 Å². The van der Waals surface area contributed by atoms with Crippen LogP contribution in [0.15, 0.2) is 36.5 Å². The molecule has 132 valence electrons. The Bertz CT molecular complexity index is 766. The van der Waals surface area contributed by atoms with E-state index in [-0.39, 0.29) is 11.8 Å². The molecule has 1 aliphatic rings. The summed E-state index contributed by atoms with van der Waals surface area (Å²) in [5, 5.41) is 3.11. The molecule has 2 aromatic rings. The van der Waals surface area contributed by atoms with Gasteiger partial charge in [0.05, 0.1) is 6.61 Å². The molecule has 2 heterocycles. The van der Waals surface area contributed by atoms with Gasteiger partial charge >= 0.3 is 0 Å². The van der Waals surface area contributed by atoms with Crippen LogP contribution in [0.3, 0.4) is 0 Å². The molecule has 8 heteroatoms. The number of benzene rings is 1. The number of carbonyl (C=O) groups excluding carboxylic acids is 1. The second kappa shape index (κ2) is 6.66. The van der Waals surface area contributed by atoms with E-state index >= 15 is 0 Å². The normalized spacial score (nSPS) is 18.8. The van der Waals surface area contributed by atoms with E-state index in [4.69, 9.17) is 15.2 Å². The van der Waals surface area contributed by atoms with Crippen molar-refractivity contribution in [1.82, 2.24) is 9.97 Å². The number of nitrogens with two attached hydrogens (primary N) is 1. The quantitative estimate of drug-likeness (QED) is 0.854. The van der Waals surface area contributed by atoms with E-state index in [0.29, 0.717) is 18.4 Å². The minimum absolute atomic E-state index is 0.213. The summed E-state index contributed by atoms with van der Waals surface area (Å²) in [6.07, 6.45) is 1.09. The predicted octanol–water partition coefficient (Wildman–Crippen LogP) is 1.86. The number of rotatable bonds is 5. The van der Waals surface area contributed by atoms with Gasteiger partial charge in [-0.05, 0) is 26.0 Å². The van der Waals surface area contributed by atoms with Crippen LogP contribution in [0.4, 0.5) is 17.5 Å². The highest BCUT2D eigenvalue weighted by Gasteiger charge is 2.36. The standard InChI is InChI=1S/C17H21N5O3/c1-17(2)24-10-13(25-17)22(3)16-19-9-12(14(18)23)15(21-16)20-11-7-5-4-6-8-11/h4-9,13H,10H2,1-3H3,(H2,18,23)(H,19,20,21). The molecule has 1 atom stereocenters. The summed E-state index contributed by atoms with van der Waals surface area (Å²) < 4.78 is 11.4. The third-order valence-corrected chi connectivity index (χ3v) is 3.82. The van der Waals surface area contributed by atoms with Crippen LogP contribution >= 0.6 is 0 Å². The summed E-state index contributed by atoms with van der Waals surface area (Å²) in [6.45, 7) is 4.09. The Balaban J connectivity index is 1.88. The Labute approximate surface area is 146 Å². The molecule has 1 saturated heterocycles. The maximum Gasteiger partial charge on any atom is 0.254 e. The van der Waals surface area contributed by atoms with Gasteiger partial charge in [0, 0.05) is 18.9 Å². The first kappa shape index (κ1) is 17.1. The molecule has 0 radical (unpaired) electrons. The summed E-state index contributed by atoms with van der Waals surface area (Å²) in [7, 11) is 1.81. The van der Waals surface area contributed by atoms with Crippen LogP contribution in [-0.4, -0.2) is 41.5 Å². The number of anilines is 3. The van der Waals surface area contributed by atoms with E-state index in [1.807, 2.05) is 44.2 Å². The zero-order valence-corrected chi connectivity index (χ0v) is 14.4. The Morgan fingerprint density at radius 2 is 2.08 bits per heavy atom. The van der Waals surface area contributed by atoms with Crippen LogP contribution < -0.4 is 16.0 Å². The number of primary amides is 1. The van der Waals surface area contributed by atoms with Gasteiger partial charge in [-0.25, -0.2) is 4.98 Å². The summed E-state index contributed by atoms with van der Waals surface area (Å²) in [5.41, 5.74) is 6.44. The van der Waals surface area contributed by atoms with Gasteiger partial charge in [-0.15, -0.1) is 0 Å². The molecule has 1 amide bonds. The van der Waals surface area contributed by atoms with Gasteiger partial charge in [-0.1, -0.05) is 18.2 Å². The third-order valence-electron chi connectivity index (χ3n) is 3.82. The maximum atomic E-state index is 11.7. The molecule has 25 heavy (non-hydrogen) atoms. The number of amides is 1. The van der Waals surface area contributed by atoms with Crippen molar-refractivity contribution < 1.29 is 14.3 Å². The van der Waals surface area contributed by atoms with Gasteiger partial charge in [0.2, 0.25) is 5.95 Å². The number of ether oxygens (including phenoxy) is 2. The highest BCUT2D eigenvalue weighted by molar-refractivity contribution is 5.98. The van der Waals surface area contributed by atoms with Gasteiger partial charge in [-0.2, -0.15) is 4.98 Å². The second-order valence-corrected chi connectivity index (χ2v) is 6.18. The number of nitrogens with zero attached hydrogens (tertiary/aromatic N) is 3. The zero-order valence-electron chi connectivity index (χ0n) is 14.4. The molecule has 1 fully saturated rings. The molecule has 1 unspecified atom stereocenters. The van der Waals surface area contributed by atoms with Crippen LogP contribution in [0.1, 0.15) is 24.2 Å². The van der Waals surface area contributed by atoms with Gasteiger partial charge in [0.1, 0.15) is 11.4 Å². The highest BCUT2D eigenvalue weighted by atomic mass is 16.8. The molecule has 0 saturated carbocycles. The van der Waals surface area contributed by atoms with Crippen molar-refractivity contribution in [2.24, 2.45) is 5.73 Å². The molecular formula is C17H21N5O3. The van der Waals surface area contributed by atoms with E-state index in [0.717, 1.165) is 5.69 Å². The zero-order chi connectivity index (χ0) is 18.0. The first-order valence-corrected chi connectivity index (χ1v) is 7.89. The average molecular weight is 343 g/mol. The lowest BCUT2D eigenvalue weighted by Crippen LogP contribution is -2.36. The SMILES string of the molecule is CN(c1ncc(C(N)=O)c(Nc2ccccc2)n1)C1COC(C)(C)O1. The molecule has 8 nitrogen and oxygen atoms in total. The number of hydrogen-bond acceptors (Lipinski definition) is 7. The fraction of sp³-hybridized carbons (Fsp3) is 0.353. The fourth-order valence-corrected chi connectivity index (χ4v) is 2.46. The molecule has 3 rings (SSSR count). The third kappa shape index (κ3) is 3.86. The number of para-hydroxylation sites is 1. The number of nitrogens with one attached hydrogen (secondary N) is 1. The molecule has 1 aliphatic heterocycles. The summed E-state index contributed by atoms with van der Waals surface area (Å²) in [4.78, 5) is 22.1. The minimum atomic E-state index is -0.656. The monoisotopic (exact) mass is 343 g/mol. The second-order valence-electron chi connectivity index (χ2n) is 6.18. The molecule has 0 aliphatic carbocycles. The van der Waals surface area contributed by atoms with E-state index in [1.54, 1.807) is 11.9 Å². The van der Waals surface area contributed by atoms with E-state index in [1.165, 1.54) is 6.20 Å².